The third-order valence-electron chi connectivity index (χ3n) is 3.89. The molecule has 0 heterocycles. The molecule has 1 saturated carbocycles. The standard InChI is InChI=1S/C16H23NO4/c1-4-20-15(18)16(17-2,12-5-6-12)11-21-14-9-7-13(19-3)8-10-14/h7-10,12,17H,4-6,11H2,1-3H3. The highest BCUT2D eigenvalue weighted by atomic mass is 16.5. The fourth-order valence-electron chi connectivity index (χ4n) is 2.43. The zero-order valence-corrected chi connectivity index (χ0v) is 12.8. The molecule has 0 aromatic heterocycles. The summed E-state index contributed by atoms with van der Waals surface area (Å²) in [6, 6.07) is 7.32. The molecule has 5 heteroatoms. The van der Waals surface area contributed by atoms with Crippen LogP contribution in [0.1, 0.15) is 19.8 Å². The highest BCUT2D eigenvalue weighted by Crippen LogP contribution is 2.40. The largest absolute Gasteiger partial charge is 0.497 e. The van der Waals surface area contributed by atoms with Gasteiger partial charge >= 0.3 is 5.97 Å². The van der Waals surface area contributed by atoms with E-state index in [-0.39, 0.29) is 18.5 Å². The number of carbonyl (C=O) groups is 1. The molecule has 1 N–H and O–H groups in total. The second kappa shape index (κ2) is 6.80. The van der Waals surface area contributed by atoms with Gasteiger partial charge < -0.3 is 19.5 Å². The van der Waals surface area contributed by atoms with Crippen LogP contribution >= 0.6 is 0 Å². The van der Waals surface area contributed by atoms with Crippen LogP contribution in [0.5, 0.6) is 11.5 Å². The van der Waals surface area contributed by atoms with Crippen molar-refractivity contribution >= 4 is 5.97 Å². The van der Waals surface area contributed by atoms with Gasteiger partial charge in [-0.3, -0.25) is 0 Å². The predicted octanol–water partition coefficient (Wildman–Crippen LogP) is 2.01. The van der Waals surface area contributed by atoms with Crippen LogP contribution < -0.4 is 14.8 Å². The lowest BCUT2D eigenvalue weighted by Crippen LogP contribution is -2.57. The third kappa shape index (κ3) is 3.47. The lowest BCUT2D eigenvalue weighted by molar-refractivity contribution is -0.153. The summed E-state index contributed by atoms with van der Waals surface area (Å²) in [7, 11) is 3.41. The Hall–Kier alpha value is -1.75. The van der Waals surface area contributed by atoms with Crippen LogP contribution in [0.25, 0.3) is 0 Å². The number of hydrogen-bond donors (Lipinski definition) is 1. The van der Waals surface area contributed by atoms with Crippen LogP contribution in [-0.2, 0) is 9.53 Å². The van der Waals surface area contributed by atoms with Crippen molar-refractivity contribution in [3.63, 3.8) is 0 Å². The minimum absolute atomic E-state index is 0.233. The molecule has 1 aliphatic rings. The molecule has 1 atom stereocenters. The van der Waals surface area contributed by atoms with Crippen molar-refractivity contribution in [2.24, 2.45) is 5.92 Å². The van der Waals surface area contributed by atoms with Gasteiger partial charge in [-0.2, -0.15) is 0 Å². The number of esters is 1. The van der Waals surface area contributed by atoms with Crippen LogP contribution in [0, 0.1) is 5.92 Å². The maximum absolute atomic E-state index is 12.3. The molecule has 0 saturated heterocycles. The first kappa shape index (κ1) is 15.6. The fourth-order valence-corrected chi connectivity index (χ4v) is 2.43. The van der Waals surface area contributed by atoms with Crippen molar-refractivity contribution in [2.45, 2.75) is 25.3 Å². The van der Waals surface area contributed by atoms with Crippen molar-refractivity contribution in [1.82, 2.24) is 5.32 Å². The number of hydrogen-bond acceptors (Lipinski definition) is 5. The number of rotatable bonds is 8. The van der Waals surface area contributed by atoms with E-state index < -0.39 is 5.54 Å². The smallest absolute Gasteiger partial charge is 0.330 e. The Bertz CT molecular complexity index is 470. The van der Waals surface area contributed by atoms with Crippen LogP contribution in [0.3, 0.4) is 0 Å². The van der Waals surface area contributed by atoms with Gasteiger partial charge in [-0.1, -0.05) is 0 Å². The molecule has 0 radical (unpaired) electrons. The predicted molar refractivity (Wildman–Crippen MR) is 79.6 cm³/mol. The van der Waals surface area contributed by atoms with Gasteiger partial charge in [-0.05, 0) is 57.0 Å². The number of carbonyl (C=O) groups excluding carboxylic acids is 1. The van der Waals surface area contributed by atoms with Crippen molar-refractivity contribution in [3.05, 3.63) is 24.3 Å². The molecule has 1 aromatic rings. The average Bonchev–Trinajstić information content (AvgIpc) is 3.34. The molecule has 5 nitrogen and oxygen atoms in total. The number of benzene rings is 1. The lowest BCUT2D eigenvalue weighted by atomic mass is 9.94. The maximum atomic E-state index is 12.3. The highest BCUT2D eigenvalue weighted by molar-refractivity contribution is 5.82. The van der Waals surface area contributed by atoms with E-state index in [9.17, 15) is 4.79 Å². The Labute approximate surface area is 125 Å². The normalized spacial score (nSPS) is 16.9. The molecule has 1 unspecified atom stereocenters. The van der Waals surface area contributed by atoms with Gasteiger partial charge in [-0.25, -0.2) is 4.79 Å². The van der Waals surface area contributed by atoms with E-state index in [4.69, 9.17) is 14.2 Å². The number of ether oxygens (including phenoxy) is 3. The molecule has 1 fully saturated rings. The average molecular weight is 293 g/mol. The topological polar surface area (TPSA) is 56.8 Å². The summed E-state index contributed by atoms with van der Waals surface area (Å²) in [5.74, 6) is 1.53. The Morgan fingerprint density at radius 3 is 2.38 bits per heavy atom. The molecule has 0 amide bonds. The summed E-state index contributed by atoms with van der Waals surface area (Å²) in [5, 5.41) is 3.13. The molecule has 0 aliphatic heterocycles. The minimum Gasteiger partial charge on any atom is -0.497 e. The second-order valence-electron chi connectivity index (χ2n) is 5.18. The second-order valence-corrected chi connectivity index (χ2v) is 5.18. The van der Waals surface area contributed by atoms with E-state index in [1.165, 1.54) is 0 Å². The summed E-state index contributed by atoms with van der Waals surface area (Å²) in [6.07, 6.45) is 2.04. The van der Waals surface area contributed by atoms with Crippen molar-refractivity contribution in [2.75, 3.05) is 27.4 Å². The maximum Gasteiger partial charge on any atom is 0.330 e. The number of nitrogens with one attached hydrogen (secondary N) is 1. The van der Waals surface area contributed by atoms with Crippen LogP contribution in [0.4, 0.5) is 0 Å². The Morgan fingerprint density at radius 1 is 1.29 bits per heavy atom. The van der Waals surface area contributed by atoms with Crippen molar-refractivity contribution < 1.29 is 19.0 Å². The van der Waals surface area contributed by atoms with Crippen molar-refractivity contribution in [3.8, 4) is 11.5 Å². The zero-order valence-electron chi connectivity index (χ0n) is 12.8. The summed E-state index contributed by atoms with van der Waals surface area (Å²) < 4.78 is 16.1. The summed E-state index contributed by atoms with van der Waals surface area (Å²) in [5.41, 5.74) is -0.754. The molecule has 0 bridgehead atoms. The molecule has 1 aromatic carbocycles. The van der Waals surface area contributed by atoms with E-state index in [1.807, 2.05) is 31.2 Å². The molecule has 116 valence electrons. The Balaban J connectivity index is 2.06. The van der Waals surface area contributed by atoms with Gasteiger partial charge in [0.15, 0.2) is 5.54 Å². The van der Waals surface area contributed by atoms with Gasteiger partial charge in [0.1, 0.15) is 18.1 Å². The zero-order chi connectivity index (χ0) is 15.3. The van der Waals surface area contributed by atoms with Gasteiger partial charge in [0.2, 0.25) is 0 Å². The monoisotopic (exact) mass is 293 g/mol. The number of likely N-dealkylation sites (N-methyl/N-ethyl adjacent to an activating group) is 1. The van der Waals surface area contributed by atoms with Crippen LogP contribution in [-0.4, -0.2) is 38.9 Å². The summed E-state index contributed by atoms with van der Waals surface area (Å²) in [4.78, 5) is 12.3. The van der Waals surface area contributed by atoms with E-state index in [0.29, 0.717) is 12.4 Å². The molecule has 0 spiro atoms. The van der Waals surface area contributed by atoms with Crippen LogP contribution in [0.2, 0.25) is 0 Å². The van der Waals surface area contributed by atoms with E-state index in [1.54, 1.807) is 14.2 Å². The Morgan fingerprint density at radius 2 is 1.90 bits per heavy atom. The minimum atomic E-state index is -0.754. The van der Waals surface area contributed by atoms with Gasteiger partial charge in [0.05, 0.1) is 13.7 Å². The van der Waals surface area contributed by atoms with E-state index in [2.05, 4.69) is 5.32 Å². The lowest BCUT2D eigenvalue weighted by Gasteiger charge is -2.31. The Kier molecular flexibility index (Phi) is 5.07. The quantitative estimate of drug-likeness (QED) is 0.743. The molecular weight excluding hydrogens is 270 g/mol. The van der Waals surface area contributed by atoms with Crippen LogP contribution in [0.15, 0.2) is 24.3 Å². The van der Waals surface area contributed by atoms with E-state index >= 15 is 0 Å². The summed E-state index contributed by atoms with van der Waals surface area (Å²) in [6.45, 7) is 2.45. The molecule has 2 rings (SSSR count). The summed E-state index contributed by atoms with van der Waals surface area (Å²) >= 11 is 0. The van der Waals surface area contributed by atoms with Gasteiger partial charge in [0, 0.05) is 0 Å². The first-order valence-electron chi connectivity index (χ1n) is 7.29. The molecule has 1 aliphatic carbocycles. The van der Waals surface area contributed by atoms with E-state index in [0.717, 1.165) is 18.6 Å². The molecule has 21 heavy (non-hydrogen) atoms. The SMILES string of the molecule is CCOC(=O)C(COc1ccc(OC)cc1)(NC)C1CC1. The molecular formula is C16H23NO4. The van der Waals surface area contributed by atoms with Gasteiger partial charge in [-0.15, -0.1) is 0 Å². The first-order chi connectivity index (χ1) is 10.2. The number of methoxy groups -OCH3 is 1. The third-order valence-corrected chi connectivity index (χ3v) is 3.89. The van der Waals surface area contributed by atoms with Gasteiger partial charge in [0.25, 0.3) is 0 Å². The van der Waals surface area contributed by atoms with Crippen molar-refractivity contribution in [1.29, 1.82) is 0 Å². The highest BCUT2D eigenvalue weighted by Gasteiger charge is 2.52. The first-order valence-corrected chi connectivity index (χ1v) is 7.29. The fraction of sp³-hybridized carbons (Fsp3) is 0.562.